The van der Waals surface area contributed by atoms with Gasteiger partial charge in [0.15, 0.2) is 0 Å². The molecule has 126 valence electrons. The SMILES string of the molecule is CC(C)(C)c1[nH]ncc1CNCc1ccc(Cn2cccn2)cc1. The number of nitrogens with one attached hydrogen (secondary N) is 2. The van der Waals surface area contributed by atoms with Gasteiger partial charge in [-0.1, -0.05) is 45.0 Å². The zero-order valence-corrected chi connectivity index (χ0v) is 14.6. The summed E-state index contributed by atoms with van der Waals surface area (Å²) in [6.45, 7) is 9.06. The van der Waals surface area contributed by atoms with Crippen LogP contribution in [0.5, 0.6) is 0 Å². The van der Waals surface area contributed by atoms with E-state index in [1.807, 2.05) is 23.1 Å². The zero-order valence-electron chi connectivity index (χ0n) is 14.6. The first-order chi connectivity index (χ1) is 11.5. The monoisotopic (exact) mass is 323 g/mol. The molecule has 3 rings (SSSR count). The van der Waals surface area contributed by atoms with Crippen LogP contribution in [0.25, 0.3) is 0 Å². The van der Waals surface area contributed by atoms with Crippen molar-refractivity contribution >= 4 is 0 Å². The fourth-order valence-corrected chi connectivity index (χ4v) is 2.78. The van der Waals surface area contributed by atoms with Crippen LogP contribution in [0.15, 0.2) is 48.9 Å². The van der Waals surface area contributed by atoms with E-state index in [0.29, 0.717) is 0 Å². The van der Waals surface area contributed by atoms with Crippen molar-refractivity contribution in [1.29, 1.82) is 0 Å². The van der Waals surface area contributed by atoms with Gasteiger partial charge in [0.2, 0.25) is 0 Å². The van der Waals surface area contributed by atoms with Crippen molar-refractivity contribution in [1.82, 2.24) is 25.3 Å². The van der Waals surface area contributed by atoms with Gasteiger partial charge in [0.1, 0.15) is 0 Å². The van der Waals surface area contributed by atoms with Crippen molar-refractivity contribution in [3.05, 3.63) is 71.3 Å². The highest BCUT2D eigenvalue weighted by molar-refractivity contribution is 5.25. The second kappa shape index (κ2) is 7.01. The van der Waals surface area contributed by atoms with Crippen LogP contribution in [0.2, 0.25) is 0 Å². The number of aromatic amines is 1. The molecule has 24 heavy (non-hydrogen) atoms. The number of hydrogen-bond donors (Lipinski definition) is 2. The lowest BCUT2D eigenvalue weighted by molar-refractivity contribution is 0.553. The molecular formula is C19H25N5. The molecule has 5 heteroatoms. The first kappa shape index (κ1) is 16.5. The van der Waals surface area contributed by atoms with E-state index in [9.17, 15) is 0 Å². The van der Waals surface area contributed by atoms with Gasteiger partial charge in [0, 0.05) is 42.2 Å². The number of rotatable bonds is 6. The van der Waals surface area contributed by atoms with Crippen molar-refractivity contribution in [3.8, 4) is 0 Å². The highest BCUT2D eigenvalue weighted by atomic mass is 15.3. The minimum atomic E-state index is 0.0850. The van der Waals surface area contributed by atoms with Crippen molar-refractivity contribution in [2.75, 3.05) is 0 Å². The van der Waals surface area contributed by atoms with Gasteiger partial charge in [-0.05, 0) is 17.2 Å². The van der Waals surface area contributed by atoms with Gasteiger partial charge in [0.25, 0.3) is 0 Å². The summed E-state index contributed by atoms with van der Waals surface area (Å²) in [5, 5.41) is 15.1. The fraction of sp³-hybridized carbons (Fsp3) is 0.368. The Morgan fingerprint density at radius 3 is 2.50 bits per heavy atom. The molecule has 0 unspecified atom stereocenters. The summed E-state index contributed by atoms with van der Waals surface area (Å²) in [4.78, 5) is 0. The van der Waals surface area contributed by atoms with Crippen molar-refractivity contribution in [3.63, 3.8) is 0 Å². The van der Waals surface area contributed by atoms with E-state index in [2.05, 4.69) is 65.6 Å². The summed E-state index contributed by atoms with van der Waals surface area (Å²) in [7, 11) is 0. The molecular weight excluding hydrogens is 298 g/mol. The van der Waals surface area contributed by atoms with Crippen molar-refractivity contribution in [2.45, 2.75) is 45.8 Å². The van der Waals surface area contributed by atoms with Crippen molar-refractivity contribution < 1.29 is 0 Å². The van der Waals surface area contributed by atoms with E-state index in [-0.39, 0.29) is 5.41 Å². The highest BCUT2D eigenvalue weighted by Crippen LogP contribution is 2.23. The molecule has 0 saturated heterocycles. The van der Waals surface area contributed by atoms with E-state index in [0.717, 1.165) is 19.6 Å². The summed E-state index contributed by atoms with van der Waals surface area (Å²) >= 11 is 0. The van der Waals surface area contributed by atoms with Crippen LogP contribution in [0.4, 0.5) is 0 Å². The third-order valence-electron chi connectivity index (χ3n) is 4.04. The van der Waals surface area contributed by atoms with E-state index >= 15 is 0 Å². The molecule has 0 spiro atoms. The Morgan fingerprint density at radius 2 is 1.83 bits per heavy atom. The normalized spacial score (nSPS) is 11.8. The van der Waals surface area contributed by atoms with Gasteiger partial charge in [-0.15, -0.1) is 0 Å². The molecule has 2 aromatic heterocycles. The standard InChI is InChI=1S/C19H25N5/c1-19(2,3)18-17(13-21-23-18)12-20-11-15-5-7-16(8-6-15)14-24-10-4-9-22-24/h4-10,13,20H,11-12,14H2,1-3H3,(H,21,23). The Bertz CT molecular complexity index is 748. The number of aromatic nitrogens is 4. The van der Waals surface area contributed by atoms with Gasteiger partial charge in [-0.25, -0.2) is 0 Å². The molecule has 0 radical (unpaired) electrons. The lowest BCUT2D eigenvalue weighted by Gasteiger charge is -2.18. The van der Waals surface area contributed by atoms with E-state index in [4.69, 9.17) is 0 Å². The summed E-state index contributed by atoms with van der Waals surface area (Å²) in [6.07, 6.45) is 5.70. The largest absolute Gasteiger partial charge is 0.308 e. The van der Waals surface area contributed by atoms with Crippen LogP contribution in [-0.4, -0.2) is 20.0 Å². The third-order valence-corrected chi connectivity index (χ3v) is 4.04. The smallest absolute Gasteiger partial charge is 0.0659 e. The average Bonchev–Trinajstić information content (AvgIpc) is 3.20. The van der Waals surface area contributed by atoms with Crippen molar-refractivity contribution in [2.24, 2.45) is 0 Å². The van der Waals surface area contributed by atoms with Crippen LogP contribution in [-0.2, 0) is 25.0 Å². The molecule has 2 N–H and O–H groups in total. The minimum Gasteiger partial charge on any atom is -0.308 e. The lowest BCUT2D eigenvalue weighted by Crippen LogP contribution is -2.19. The second-order valence-electron chi connectivity index (χ2n) is 7.14. The van der Waals surface area contributed by atoms with Crippen LogP contribution in [0.3, 0.4) is 0 Å². The van der Waals surface area contributed by atoms with Gasteiger partial charge in [-0.2, -0.15) is 10.2 Å². The molecule has 0 bridgehead atoms. The molecule has 2 heterocycles. The zero-order chi connectivity index (χ0) is 17.0. The Labute approximate surface area is 143 Å². The van der Waals surface area contributed by atoms with Crippen LogP contribution >= 0.6 is 0 Å². The molecule has 0 fully saturated rings. The molecule has 0 atom stereocenters. The number of benzene rings is 1. The van der Waals surface area contributed by atoms with Crippen LogP contribution < -0.4 is 5.32 Å². The Balaban J connectivity index is 1.53. The maximum Gasteiger partial charge on any atom is 0.0659 e. The van der Waals surface area contributed by atoms with E-state index in [1.165, 1.54) is 22.4 Å². The molecule has 1 aromatic carbocycles. The quantitative estimate of drug-likeness (QED) is 0.732. The van der Waals surface area contributed by atoms with E-state index < -0.39 is 0 Å². The minimum absolute atomic E-state index is 0.0850. The average molecular weight is 323 g/mol. The van der Waals surface area contributed by atoms with Crippen LogP contribution in [0.1, 0.15) is 43.2 Å². The summed E-state index contributed by atoms with van der Waals surface area (Å²) in [5.41, 5.74) is 5.05. The maximum absolute atomic E-state index is 4.24. The predicted octanol–water partition coefficient (Wildman–Crippen LogP) is 3.24. The van der Waals surface area contributed by atoms with Gasteiger partial charge >= 0.3 is 0 Å². The molecule has 0 saturated carbocycles. The highest BCUT2D eigenvalue weighted by Gasteiger charge is 2.19. The summed E-state index contributed by atoms with van der Waals surface area (Å²) in [6, 6.07) is 10.6. The molecule has 0 aliphatic carbocycles. The third kappa shape index (κ3) is 4.11. The first-order valence-corrected chi connectivity index (χ1v) is 8.31. The lowest BCUT2D eigenvalue weighted by atomic mass is 9.89. The molecule has 0 aliphatic rings. The first-order valence-electron chi connectivity index (χ1n) is 8.31. The predicted molar refractivity (Wildman–Crippen MR) is 95.6 cm³/mol. The van der Waals surface area contributed by atoms with Gasteiger partial charge < -0.3 is 5.32 Å². The van der Waals surface area contributed by atoms with E-state index in [1.54, 1.807) is 6.20 Å². The number of H-pyrrole nitrogens is 1. The molecule has 5 nitrogen and oxygen atoms in total. The summed E-state index contributed by atoms with van der Waals surface area (Å²) in [5.74, 6) is 0. The number of hydrogen-bond acceptors (Lipinski definition) is 3. The molecule has 0 aliphatic heterocycles. The maximum atomic E-state index is 4.24. The van der Waals surface area contributed by atoms with Gasteiger partial charge in [-0.3, -0.25) is 9.78 Å². The van der Waals surface area contributed by atoms with Crippen LogP contribution in [0, 0.1) is 0 Å². The summed E-state index contributed by atoms with van der Waals surface area (Å²) < 4.78 is 1.93. The van der Waals surface area contributed by atoms with Gasteiger partial charge in [0.05, 0.1) is 12.7 Å². The Hall–Kier alpha value is -2.40. The number of nitrogens with zero attached hydrogens (tertiary/aromatic N) is 3. The second-order valence-corrected chi connectivity index (χ2v) is 7.14. The molecule has 0 amide bonds. The fourth-order valence-electron chi connectivity index (χ4n) is 2.78. The Kier molecular flexibility index (Phi) is 4.81. The molecule has 3 aromatic rings. The topological polar surface area (TPSA) is 58.5 Å². The Morgan fingerprint density at radius 1 is 1.08 bits per heavy atom.